The van der Waals surface area contributed by atoms with Gasteiger partial charge in [-0.3, -0.25) is 4.79 Å². The van der Waals surface area contributed by atoms with E-state index in [1.165, 1.54) is 5.01 Å². The second kappa shape index (κ2) is 9.59. The van der Waals surface area contributed by atoms with Gasteiger partial charge in [-0.25, -0.2) is 0 Å². The standard InChI is InChI=1S/C25H20BrClN2O3/c1-16-21(25(30)29(28-16)20-6-4-3-5-7-20)12-18-13-23(31-2)24(14-22(18)26)32-15-17-8-10-19(27)11-9-17/h3-14H,15H2,1-2H3/b21-12+. The molecule has 0 saturated carbocycles. The van der Waals surface area contributed by atoms with Crippen LogP contribution in [0, 0.1) is 0 Å². The number of benzene rings is 3. The fraction of sp³-hybridized carbons (Fsp3) is 0.120. The SMILES string of the molecule is COc1cc(/C=C2/C(=O)N(c3ccccc3)N=C2C)c(Br)cc1OCc1ccc(Cl)cc1. The first-order chi connectivity index (χ1) is 15.5. The van der Waals surface area contributed by atoms with Gasteiger partial charge < -0.3 is 9.47 Å². The van der Waals surface area contributed by atoms with E-state index in [-0.39, 0.29) is 5.91 Å². The topological polar surface area (TPSA) is 51.1 Å². The van der Waals surface area contributed by atoms with Gasteiger partial charge in [0, 0.05) is 9.50 Å². The first-order valence-corrected chi connectivity index (χ1v) is 11.0. The van der Waals surface area contributed by atoms with Crippen molar-refractivity contribution in [3.63, 3.8) is 0 Å². The number of carbonyl (C=O) groups excluding carboxylic acids is 1. The van der Waals surface area contributed by atoms with E-state index in [2.05, 4.69) is 21.0 Å². The minimum Gasteiger partial charge on any atom is -0.493 e. The van der Waals surface area contributed by atoms with Crippen LogP contribution < -0.4 is 14.5 Å². The van der Waals surface area contributed by atoms with Gasteiger partial charge in [0.2, 0.25) is 0 Å². The monoisotopic (exact) mass is 510 g/mol. The van der Waals surface area contributed by atoms with E-state index < -0.39 is 0 Å². The largest absolute Gasteiger partial charge is 0.493 e. The highest BCUT2D eigenvalue weighted by atomic mass is 79.9. The maximum absolute atomic E-state index is 13.0. The highest BCUT2D eigenvalue weighted by Gasteiger charge is 2.29. The molecular weight excluding hydrogens is 492 g/mol. The van der Waals surface area contributed by atoms with Crippen LogP contribution in [0.2, 0.25) is 5.02 Å². The average molecular weight is 512 g/mol. The van der Waals surface area contributed by atoms with Crippen molar-refractivity contribution < 1.29 is 14.3 Å². The number of anilines is 1. The zero-order valence-corrected chi connectivity index (χ0v) is 19.9. The number of hydrazone groups is 1. The van der Waals surface area contributed by atoms with Gasteiger partial charge in [0.15, 0.2) is 11.5 Å². The Morgan fingerprint density at radius 3 is 2.47 bits per heavy atom. The Kier molecular flexibility index (Phi) is 6.63. The number of para-hydroxylation sites is 1. The summed E-state index contributed by atoms with van der Waals surface area (Å²) in [5.41, 5.74) is 3.67. The first-order valence-electron chi connectivity index (χ1n) is 9.88. The maximum atomic E-state index is 13.0. The summed E-state index contributed by atoms with van der Waals surface area (Å²) in [4.78, 5) is 13.0. The van der Waals surface area contributed by atoms with Gasteiger partial charge in [0.1, 0.15) is 6.61 Å². The van der Waals surface area contributed by atoms with Gasteiger partial charge in [0.05, 0.1) is 24.1 Å². The number of carbonyl (C=O) groups is 1. The van der Waals surface area contributed by atoms with Crippen molar-refractivity contribution in [2.45, 2.75) is 13.5 Å². The Morgan fingerprint density at radius 2 is 1.78 bits per heavy atom. The molecule has 1 heterocycles. The van der Waals surface area contributed by atoms with E-state index in [1.807, 2.05) is 73.7 Å². The van der Waals surface area contributed by atoms with Crippen LogP contribution in [0.5, 0.6) is 11.5 Å². The molecule has 0 fully saturated rings. The maximum Gasteiger partial charge on any atom is 0.280 e. The molecule has 0 saturated heterocycles. The third-order valence-electron chi connectivity index (χ3n) is 4.95. The van der Waals surface area contributed by atoms with Crippen LogP contribution in [-0.2, 0) is 11.4 Å². The van der Waals surface area contributed by atoms with E-state index in [9.17, 15) is 4.79 Å². The number of amides is 1. The lowest BCUT2D eigenvalue weighted by molar-refractivity contribution is -0.114. The molecule has 5 nitrogen and oxygen atoms in total. The molecule has 1 amide bonds. The zero-order valence-electron chi connectivity index (χ0n) is 17.5. The summed E-state index contributed by atoms with van der Waals surface area (Å²) in [6.45, 7) is 2.19. The molecule has 3 aromatic carbocycles. The number of hydrogen-bond acceptors (Lipinski definition) is 4. The molecule has 0 atom stereocenters. The highest BCUT2D eigenvalue weighted by molar-refractivity contribution is 9.10. The van der Waals surface area contributed by atoms with Crippen LogP contribution in [-0.4, -0.2) is 18.7 Å². The van der Waals surface area contributed by atoms with E-state index in [0.717, 1.165) is 21.3 Å². The smallest absolute Gasteiger partial charge is 0.280 e. The van der Waals surface area contributed by atoms with Gasteiger partial charge in [-0.05, 0) is 60.5 Å². The lowest BCUT2D eigenvalue weighted by Gasteiger charge is -2.14. The van der Waals surface area contributed by atoms with Crippen LogP contribution in [0.25, 0.3) is 6.08 Å². The molecule has 162 valence electrons. The average Bonchev–Trinajstić information content (AvgIpc) is 3.09. The summed E-state index contributed by atoms with van der Waals surface area (Å²) in [6, 6.07) is 20.5. The van der Waals surface area contributed by atoms with Crippen LogP contribution in [0.4, 0.5) is 5.69 Å². The summed E-state index contributed by atoms with van der Waals surface area (Å²) < 4.78 is 12.3. The Hall–Kier alpha value is -3.09. The quantitative estimate of drug-likeness (QED) is 0.355. The van der Waals surface area contributed by atoms with Gasteiger partial charge in [-0.1, -0.05) is 57.9 Å². The Bertz CT molecular complexity index is 1210. The zero-order chi connectivity index (χ0) is 22.7. The van der Waals surface area contributed by atoms with E-state index >= 15 is 0 Å². The fourth-order valence-corrected chi connectivity index (χ4v) is 3.82. The van der Waals surface area contributed by atoms with E-state index in [0.29, 0.717) is 34.4 Å². The molecule has 0 unspecified atom stereocenters. The predicted molar refractivity (Wildman–Crippen MR) is 131 cm³/mol. The molecule has 0 aliphatic carbocycles. The highest BCUT2D eigenvalue weighted by Crippen LogP contribution is 2.36. The van der Waals surface area contributed by atoms with Gasteiger partial charge in [0.25, 0.3) is 5.91 Å². The van der Waals surface area contributed by atoms with Crippen molar-refractivity contribution in [1.82, 2.24) is 0 Å². The van der Waals surface area contributed by atoms with Gasteiger partial charge in [-0.2, -0.15) is 10.1 Å². The van der Waals surface area contributed by atoms with E-state index in [4.69, 9.17) is 21.1 Å². The fourth-order valence-electron chi connectivity index (χ4n) is 3.26. The molecule has 3 aromatic rings. The minimum atomic E-state index is -0.178. The third-order valence-corrected chi connectivity index (χ3v) is 5.89. The first kappa shape index (κ1) is 22.1. The summed E-state index contributed by atoms with van der Waals surface area (Å²) in [7, 11) is 1.58. The molecule has 0 aromatic heterocycles. The van der Waals surface area contributed by atoms with Crippen molar-refractivity contribution >= 4 is 50.9 Å². The molecule has 0 bridgehead atoms. The van der Waals surface area contributed by atoms with Crippen LogP contribution >= 0.6 is 27.5 Å². The molecule has 0 spiro atoms. The van der Waals surface area contributed by atoms with Gasteiger partial charge >= 0.3 is 0 Å². The number of rotatable bonds is 6. The molecule has 4 rings (SSSR count). The molecule has 0 radical (unpaired) electrons. The minimum absolute atomic E-state index is 0.178. The van der Waals surface area contributed by atoms with Crippen molar-refractivity contribution in [2.24, 2.45) is 5.10 Å². The van der Waals surface area contributed by atoms with Crippen LogP contribution in [0.3, 0.4) is 0 Å². The van der Waals surface area contributed by atoms with E-state index in [1.54, 1.807) is 13.2 Å². The molecule has 1 aliphatic rings. The number of nitrogens with zero attached hydrogens (tertiary/aromatic N) is 2. The Balaban J connectivity index is 1.59. The van der Waals surface area contributed by atoms with Crippen molar-refractivity contribution in [3.05, 3.63) is 92.9 Å². The number of methoxy groups -OCH3 is 1. The third kappa shape index (κ3) is 4.71. The lowest BCUT2D eigenvalue weighted by Crippen LogP contribution is -2.21. The number of halogens is 2. The molecule has 0 N–H and O–H groups in total. The summed E-state index contributed by atoms with van der Waals surface area (Å²) >= 11 is 9.53. The molecule has 1 aliphatic heterocycles. The molecular formula is C25H20BrClN2O3. The Morgan fingerprint density at radius 1 is 1.06 bits per heavy atom. The van der Waals surface area contributed by atoms with Crippen molar-refractivity contribution in [1.29, 1.82) is 0 Å². The second-order valence-electron chi connectivity index (χ2n) is 7.14. The van der Waals surface area contributed by atoms with Crippen molar-refractivity contribution in [2.75, 3.05) is 12.1 Å². The molecule has 32 heavy (non-hydrogen) atoms. The summed E-state index contributed by atoms with van der Waals surface area (Å²) in [6.07, 6.45) is 1.81. The van der Waals surface area contributed by atoms with Crippen LogP contribution in [0.1, 0.15) is 18.1 Å². The van der Waals surface area contributed by atoms with Crippen molar-refractivity contribution in [3.8, 4) is 11.5 Å². The lowest BCUT2D eigenvalue weighted by atomic mass is 10.1. The summed E-state index contributed by atoms with van der Waals surface area (Å²) in [5, 5.41) is 6.52. The molecule has 7 heteroatoms. The second-order valence-corrected chi connectivity index (χ2v) is 8.43. The van der Waals surface area contributed by atoms with Crippen LogP contribution in [0.15, 0.2) is 81.9 Å². The van der Waals surface area contributed by atoms with Gasteiger partial charge in [-0.15, -0.1) is 0 Å². The number of ether oxygens (including phenoxy) is 2. The summed E-state index contributed by atoms with van der Waals surface area (Å²) in [5.74, 6) is 0.974. The Labute approximate surface area is 200 Å². The normalized spacial score (nSPS) is 14.6. The number of hydrogen-bond donors (Lipinski definition) is 0. The predicted octanol–water partition coefficient (Wildman–Crippen LogP) is 6.50.